The summed E-state index contributed by atoms with van der Waals surface area (Å²) in [6, 6.07) is 8.23. The van der Waals surface area contributed by atoms with Gasteiger partial charge >= 0.3 is 118 Å². The number of phenolic OH excluding ortho intramolecular Hbond substituents is 1. The first kappa shape index (κ1) is 43.4. The molecule has 0 radical (unpaired) electrons. The summed E-state index contributed by atoms with van der Waals surface area (Å²) in [6.45, 7) is 0. The van der Waals surface area contributed by atoms with Crippen molar-refractivity contribution in [2.75, 3.05) is 0 Å². The van der Waals surface area contributed by atoms with E-state index in [1.807, 2.05) is 0 Å². The van der Waals surface area contributed by atoms with Crippen LogP contribution in [0.25, 0.3) is 21.5 Å². The molecule has 0 amide bonds. The molecule has 0 saturated heterocycles. The molecule has 0 aliphatic heterocycles. The minimum Gasteiger partial charge on any atom is -0.744 e. The first-order chi connectivity index (χ1) is 17.8. The molecule has 0 aliphatic carbocycles. The van der Waals surface area contributed by atoms with Gasteiger partial charge in [-0.15, -0.1) is 10.2 Å². The Morgan fingerprint density at radius 3 is 1.56 bits per heavy atom. The zero-order valence-electron chi connectivity index (χ0n) is 22.6. The van der Waals surface area contributed by atoms with E-state index >= 15 is 0 Å². The van der Waals surface area contributed by atoms with Gasteiger partial charge in [0.05, 0.1) is 25.3 Å². The first-order valence-electron chi connectivity index (χ1n) is 9.91. The van der Waals surface area contributed by atoms with E-state index in [0.717, 1.165) is 12.1 Å². The van der Waals surface area contributed by atoms with Crippen molar-refractivity contribution in [3.63, 3.8) is 0 Å². The molecule has 15 nitrogen and oxygen atoms in total. The van der Waals surface area contributed by atoms with Crippen LogP contribution in [0.4, 0.5) is 11.4 Å². The van der Waals surface area contributed by atoms with Gasteiger partial charge in [0, 0.05) is 16.2 Å². The van der Waals surface area contributed by atoms with Gasteiger partial charge in [0.1, 0.15) is 46.2 Å². The first-order valence-corrected chi connectivity index (χ1v) is 15.5. The van der Waals surface area contributed by atoms with Crippen LogP contribution in [0.2, 0.25) is 0 Å². The standard InChI is InChI=1S/C20H14N2O13S4.4Na/c23-20-17(39(33,34)35)8-10-7-11(36(24,25)26)9-16(38(30,31)32)18(10)19(20)22-21-14-5-6-15(37(27,28)29)13-4-2-1-3-12(13)14;;;;/h1-9,23H,(H,24,25,26)(H,27,28,29)(H,30,31,32)(H,33,34,35);;;;/q;4*+1/p-4. The van der Waals surface area contributed by atoms with Crippen molar-refractivity contribution in [1.82, 2.24) is 0 Å². The van der Waals surface area contributed by atoms with E-state index in [1.165, 1.54) is 24.3 Å². The van der Waals surface area contributed by atoms with Crippen molar-refractivity contribution in [3.8, 4) is 5.75 Å². The van der Waals surface area contributed by atoms with Crippen molar-refractivity contribution >= 4 is 73.4 Å². The molecule has 0 unspecified atom stereocenters. The third-order valence-corrected chi connectivity index (χ3v) is 8.72. The van der Waals surface area contributed by atoms with Crippen molar-refractivity contribution in [3.05, 3.63) is 54.6 Å². The van der Waals surface area contributed by atoms with E-state index in [2.05, 4.69) is 10.2 Å². The van der Waals surface area contributed by atoms with Gasteiger partial charge in [0.2, 0.25) is 0 Å². The van der Waals surface area contributed by atoms with Crippen molar-refractivity contribution in [2.24, 2.45) is 10.2 Å². The van der Waals surface area contributed by atoms with Crippen molar-refractivity contribution in [2.45, 2.75) is 19.6 Å². The fraction of sp³-hybridized carbons (Fsp3) is 0. The molecular formula is C20H10N2Na4O13S4. The SMILES string of the molecule is O=S(=O)([O-])c1cc(S(=O)(=O)[O-])c2c(N=Nc3ccc(S(=O)(=O)[O-])c4ccccc34)c(O)c(S(=O)(=O)[O-])cc2c1.[Na+].[Na+].[Na+].[Na+]. The molecule has 0 fully saturated rings. The summed E-state index contributed by atoms with van der Waals surface area (Å²) in [7, 11) is -21.5. The molecule has 4 aromatic carbocycles. The molecule has 0 spiro atoms. The van der Waals surface area contributed by atoms with Crippen LogP contribution >= 0.6 is 0 Å². The van der Waals surface area contributed by atoms with Gasteiger partial charge in [-0.3, -0.25) is 0 Å². The smallest absolute Gasteiger partial charge is 0.744 e. The molecular weight excluding hydrogens is 696 g/mol. The molecule has 206 valence electrons. The predicted octanol–water partition coefficient (Wildman–Crippen LogP) is -10.3. The van der Waals surface area contributed by atoms with Gasteiger partial charge < -0.3 is 23.3 Å². The fourth-order valence-corrected chi connectivity index (χ4v) is 6.35. The van der Waals surface area contributed by atoms with E-state index in [4.69, 9.17) is 0 Å². The number of rotatable bonds is 6. The summed E-state index contributed by atoms with van der Waals surface area (Å²) in [5.74, 6) is -1.47. The zero-order valence-corrected chi connectivity index (χ0v) is 33.8. The van der Waals surface area contributed by atoms with Gasteiger partial charge in [-0.25, -0.2) is 33.7 Å². The number of fused-ring (bicyclic) bond motifs is 2. The number of azo groups is 1. The van der Waals surface area contributed by atoms with Crippen LogP contribution in [-0.2, 0) is 40.5 Å². The Kier molecular flexibility index (Phi) is 15.7. The molecule has 4 rings (SSSR count). The maximum absolute atomic E-state index is 12.0. The van der Waals surface area contributed by atoms with E-state index in [9.17, 15) is 57.0 Å². The normalized spacial score (nSPS) is 12.2. The number of phenols is 1. The van der Waals surface area contributed by atoms with Gasteiger partial charge in [0.15, 0.2) is 5.75 Å². The van der Waals surface area contributed by atoms with Crippen LogP contribution in [0.3, 0.4) is 0 Å². The molecule has 4 aromatic rings. The molecule has 0 aromatic heterocycles. The maximum Gasteiger partial charge on any atom is 1.00 e. The Morgan fingerprint density at radius 1 is 0.558 bits per heavy atom. The second-order valence-electron chi connectivity index (χ2n) is 7.74. The third-order valence-electron chi connectivity index (χ3n) is 5.30. The molecule has 0 heterocycles. The van der Waals surface area contributed by atoms with Gasteiger partial charge in [-0.2, -0.15) is 0 Å². The monoisotopic (exact) mass is 706 g/mol. The summed E-state index contributed by atoms with van der Waals surface area (Å²) >= 11 is 0. The Hall–Kier alpha value is 0.440. The maximum atomic E-state index is 12.0. The van der Waals surface area contributed by atoms with E-state index in [0.29, 0.717) is 12.1 Å². The minimum atomic E-state index is -5.63. The van der Waals surface area contributed by atoms with Crippen LogP contribution in [0.1, 0.15) is 0 Å². The van der Waals surface area contributed by atoms with Crippen LogP contribution in [0.15, 0.2) is 84.4 Å². The van der Waals surface area contributed by atoms with Gasteiger partial charge in [-0.05, 0) is 35.7 Å². The molecule has 43 heavy (non-hydrogen) atoms. The Bertz CT molecular complexity index is 2190. The Morgan fingerprint density at radius 2 is 1.07 bits per heavy atom. The summed E-state index contributed by atoms with van der Waals surface area (Å²) in [5.41, 5.74) is -1.29. The third kappa shape index (κ3) is 9.51. The van der Waals surface area contributed by atoms with E-state index in [1.54, 1.807) is 0 Å². The topological polar surface area (TPSA) is 274 Å². The Labute approximate surface area is 333 Å². The minimum absolute atomic E-state index is 0. The van der Waals surface area contributed by atoms with Crippen molar-refractivity contribution < 1.29 is 175 Å². The summed E-state index contributed by atoms with van der Waals surface area (Å²) in [6.07, 6.45) is 0. The quantitative estimate of drug-likeness (QED) is 0.111. The molecule has 0 atom stereocenters. The number of benzene rings is 4. The second kappa shape index (κ2) is 15.6. The average molecular weight is 707 g/mol. The van der Waals surface area contributed by atoms with Gasteiger partial charge in [-0.1, -0.05) is 24.3 Å². The molecule has 1 N–H and O–H groups in total. The largest absolute Gasteiger partial charge is 1.00 e. The van der Waals surface area contributed by atoms with Crippen LogP contribution in [-0.4, -0.2) is 57.0 Å². The van der Waals surface area contributed by atoms with Crippen LogP contribution in [0, 0.1) is 0 Å². The fourth-order valence-electron chi connectivity index (χ4n) is 3.72. The number of hydrogen-bond donors (Lipinski definition) is 1. The summed E-state index contributed by atoms with van der Waals surface area (Å²) < 4.78 is 141. The zero-order chi connectivity index (χ0) is 29.1. The molecule has 0 aliphatic rings. The molecule has 0 saturated carbocycles. The van der Waals surface area contributed by atoms with E-state index < -0.39 is 82.3 Å². The Balaban J connectivity index is 0.00000441. The van der Waals surface area contributed by atoms with Crippen LogP contribution < -0.4 is 118 Å². The average Bonchev–Trinajstić information content (AvgIpc) is 2.79. The number of hydrogen-bond acceptors (Lipinski definition) is 15. The number of aromatic hydroxyl groups is 1. The predicted molar refractivity (Wildman–Crippen MR) is 126 cm³/mol. The van der Waals surface area contributed by atoms with Crippen molar-refractivity contribution in [1.29, 1.82) is 0 Å². The van der Waals surface area contributed by atoms with Crippen LogP contribution in [0.5, 0.6) is 5.75 Å². The van der Waals surface area contributed by atoms with Gasteiger partial charge in [0.25, 0.3) is 0 Å². The van der Waals surface area contributed by atoms with E-state index in [-0.39, 0.29) is 141 Å². The summed E-state index contributed by atoms with van der Waals surface area (Å²) in [5, 5.41) is 16.2. The number of nitrogens with zero attached hydrogens (tertiary/aromatic N) is 2. The molecule has 0 bridgehead atoms. The molecule has 23 heteroatoms. The second-order valence-corrected chi connectivity index (χ2v) is 13.2. The summed E-state index contributed by atoms with van der Waals surface area (Å²) in [4.78, 5) is -4.73.